The van der Waals surface area contributed by atoms with Gasteiger partial charge < -0.3 is 19.3 Å². The van der Waals surface area contributed by atoms with Gasteiger partial charge in [-0.05, 0) is 61.7 Å². The first-order valence-electron chi connectivity index (χ1n) is 12.7. The summed E-state index contributed by atoms with van der Waals surface area (Å²) in [6.45, 7) is 9.93. The van der Waals surface area contributed by atoms with Crippen LogP contribution in [0.2, 0.25) is 0 Å². The monoisotopic (exact) mass is 562 g/mol. The SMILES string of the molecule is C=CCOc1ccc(C(O)=C2C(=O)C(=O)N(c3nc(C)c(C(=O)OC)s3)C2c2ccc(OCCC)cc2)cc1C. The molecule has 0 bridgehead atoms. The molecule has 3 aromatic rings. The lowest BCUT2D eigenvalue weighted by Crippen LogP contribution is -2.29. The number of carbonyl (C=O) groups is 3. The maximum Gasteiger partial charge on any atom is 0.350 e. The third-order valence-corrected chi connectivity index (χ3v) is 7.42. The summed E-state index contributed by atoms with van der Waals surface area (Å²) >= 11 is 0.943. The Balaban J connectivity index is 1.86. The van der Waals surface area contributed by atoms with E-state index in [0.29, 0.717) is 41.5 Å². The molecule has 10 heteroatoms. The van der Waals surface area contributed by atoms with Crippen molar-refractivity contribution in [2.45, 2.75) is 33.2 Å². The fraction of sp³-hybridized carbons (Fsp3) is 0.267. The normalized spacial score (nSPS) is 16.2. The van der Waals surface area contributed by atoms with E-state index in [4.69, 9.17) is 14.2 Å². The van der Waals surface area contributed by atoms with Crippen LogP contribution in [0.4, 0.5) is 5.13 Å². The van der Waals surface area contributed by atoms with Crippen LogP contribution in [0.15, 0.2) is 60.7 Å². The van der Waals surface area contributed by atoms with E-state index in [0.717, 1.165) is 23.3 Å². The lowest BCUT2D eigenvalue weighted by molar-refractivity contribution is -0.132. The quantitative estimate of drug-likeness (QED) is 0.113. The number of anilines is 1. The number of rotatable bonds is 10. The summed E-state index contributed by atoms with van der Waals surface area (Å²) in [5.41, 5.74) is 1.90. The fourth-order valence-corrected chi connectivity index (χ4v) is 5.35. The Morgan fingerprint density at radius 1 is 1.15 bits per heavy atom. The van der Waals surface area contributed by atoms with Crippen molar-refractivity contribution >= 4 is 39.9 Å². The number of Topliss-reactive ketones (excluding diaryl/α,β-unsaturated/α-hetero) is 1. The second kappa shape index (κ2) is 12.2. The van der Waals surface area contributed by atoms with Gasteiger partial charge in [-0.1, -0.05) is 43.0 Å². The van der Waals surface area contributed by atoms with Crippen LogP contribution < -0.4 is 14.4 Å². The van der Waals surface area contributed by atoms with E-state index in [1.807, 2.05) is 13.8 Å². The van der Waals surface area contributed by atoms with E-state index >= 15 is 0 Å². The minimum absolute atomic E-state index is 0.0983. The molecule has 1 atom stereocenters. The number of methoxy groups -OCH3 is 1. The molecular formula is C30H30N2O7S. The Hall–Kier alpha value is -4.44. The molecule has 2 heterocycles. The van der Waals surface area contributed by atoms with Crippen LogP contribution in [0.5, 0.6) is 11.5 Å². The lowest BCUT2D eigenvalue weighted by Gasteiger charge is -2.23. The van der Waals surface area contributed by atoms with E-state index in [2.05, 4.69) is 11.6 Å². The Labute approximate surface area is 236 Å². The van der Waals surface area contributed by atoms with Crippen molar-refractivity contribution in [2.75, 3.05) is 25.2 Å². The van der Waals surface area contributed by atoms with Crippen molar-refractivity contribution in [1.82, 2.24) is 4.98 Å². The van der Waals surface area contributed by atoms with Gasteiger partial charge in [-0.2, -0.15) is 0 Å². The van der Waals surface area contributed by atoms with Crippen molar-refractivity contribution in [2.24, 2.45) is 0 Å². The summed E-state index contributed by atoms with van der Waals surface area (Å²) in [6, 6.07) is 10.9. The number of aromatic nitrogens is 1. The van der Waals surface area contributed by atoms with Crippen molar-refractivity contribution < 1.29 is 33.7 Å². The summed E-state index contributed by atoms with van der Waals surface area (Å²) in [5.74, 6) is -1.44. The maximum absolute atomic E-state index is 13.5. The number of thiazole rings is 1. The minimum Gasteiger partial charge on any atom is -0.507 e. The van der Waals surface area contributed by atoms with Crippen LogP contribution in [0.1, 0.15) is 51.4 Å². The molecule has 2 aromatic carbocycles. The highest BCUT2D eigenvalue weighted by atomic mass is 32.1. The summed E-state index contributed by atoms with van der Waals surface area (Å²) < 4.78 is 16.2. The summed E-state index contributed by atoms with van der Waals surface area (Å²) in [5, 5.41) is 11.6. The molecule has 1 amide bonds. The van der Waals surface area contributed by atoms with E-state index in [1.165, 1.54) is 12.0 Å². The Kier molecular flexibility index (Phi) is 8.69. The van der Waals surface area contributed by atoms with Crippen LogP contribution in [-0.4, -0.2) is 48.1 Å². The highest BCUT2D eigenvalue weighted by molar-refractivity contribution is 7.17. The molecule has 1 aromatic heterocycles. The standard InChI is InChI=1S/C30H30N2O7S/c1-6-14-38-21-11-8-19(9-12-21)24-23(25(33)20-10-13-22(17(3)16-20)39-15-7-2)26(34)28(35)32(24)30-31-18(4)27(40-30)29(36)37-5/h7-13,16,24,33H,2,6,14-15H2,1,3-5H3. The number of ether oxygens (including phenoxy) is 3. The van der Waals surface area contributed by atoms with Crippen molar-refractivity contribution in [1.29, 1.82) is 0 Å². The van der Waals surface area contributed by atoms with Gasteiger partial charge in [0.1, 0.15) is 28.7 Å². The number of carbonyl (C=O) groups excluding carboxylic acids is 3. The second-order valence-electron chi connectivity index (χ2n) is 9.07. The Morgan fingerprint density at radius 2 is 1.88 bits per heavy atom. The number of benzene rings is 2. The lowest BCUT2D eigenvalue weighted by atomic mass is 9.95. The second-order valence-corrected chi connectivity index (χ2v) is 10.0. The van der Waals surface area contributed by atoms with Crippen LogP contribution in [0.3, 0.4) is 0 Å². The predicted molar refractivity (Wildman–Crippen MR) is 152 cm³/mol. The first kappa shape index (κ1) is 28.6. The molecule has 40 heavy (non-hydrogen) atoms. The number of hydrogen-bond donors (Lipinski definition) is 1. The number of aryl methyl sites for hydroxylation is 2. The number of aliphatic hydroxyl groups excluding tert-OH is 1. The van der Waals surface area contributed by atoms with Crippen LogP contribution in [0, 0.1) is 13.8 Å². The first-order valence-corrected chi connectivity index (χ1v) is 13.5. The molecule has 0 spiro atoms. The smallest absolute Gasteiger partial charge is 0.350 e. The van der Waals surface area contributed by atoms with Crippen LogP contribution in [0.25, 0.3) is 5.76 Å². The molecule has 1 aliphatic rings. The van der Waals surface area contributed by atoms with Gasteiger partial charge in [-0.15, -0.1) is 0 Å². The molecule has 1 unspecified atom stereocenters. The number of ketones is 1. The van der Waals surface area contributed by atoms with Gasteiger partial charge in [0, 0.05) is 5.56 Å². The van der Waals surface area contributed by atoms with Gasteiger partial charge in [0.05, 0.1) is 31.0 Å². The molecule has 0 aliphatic carbocycles. The van der Waals surface area contributed by atoms with Gasteiger partial charge >= 0.3 is 11.9 Å². The van der Waals surface area contributed by atoms with Crippen molar-refractivity contribution in [3.63, 3.8) is 0 Å². The fourth-order valence-electron chi connectivity index (χ4n) is 4.34. The third-order valence-electron chi connectivity index (χ3n) is 6.28. The molecule has 1 N–H and O–H groups in total. The number of hydrogen-bond acceptors (Lipinski definition) is 9. The Morgan fingerprint density at radius 3 is 2.50 bits per heavy atom. The highest BCUT2D eigenvalue weighted by Gasteiger charge is 2.48. The molecule has 0 saturated carbocycles. The molecule has 208 valence electrons. The van der Waals surface area contributed by atoms with Crippen LogP contribution >= 0.6 is 11.3 Å². The van der Waals surface area contributed by atoms with E-state index in [9.17, 15) is 19.5 Å². The molecule has 0 radical (unpaired) electrons. The number of nitrogens with zero attached hydrogens (tertiary/aromatic N) is 2. The highest BCUT2D eigenvalue weighted by Crippen LogP contribution is 2.44. The van der Waals surface area contributed by atoms with Gasteiger partial charge in [0.15, 0.2) is 5.13 Å². The van der Waals surface area contributed by atoms with E-state index in [1.54, 1.807) is 55.5 Å². The molecule has 1 aliphatic heterocycles. The van der Waals surface area contributed by atoms with Crippen LogP contribution in [-0.2, 0) is 14.3 Å². The van der Waals surface area contributed by atoms with Crippen molar-refractivity contribution in [3.05, 3.63) is 88.0 Å². The average molecular weight is 563 g/mol. The zero-order chi connectivity index (χ0) is 29.0. The summed E-state index contributed by atoms with van der Waals surface area (Å²) in [6.07, 6.45) is 2.46. The summed E-state index contributed by atoms with van der Waals surface area (Å²) in [4.78, 5) is 45.1. The average Bonchev–Trinajstić information content (AvgIpc) is 3.46. The largest absolute Gasteiger partial charge is 0.507 e. The Bertz CT molecular complexity index is 1490. The van der Waals surface area contributed by atoms with Gasteiger partial charge in [-0.25, -0.2) is 9.78 Å². The van der Waals surface area contributed by atoms with E-state index < -0.39 is 23.7 Å². The number of aliphatic hydroxyl groups is 1. The topological polar surface area (TPSA) is 115 Å². The van der Waals surface area contributed by atoms with Gasteiger partial charge in [0.25, 0.3) is 5.78 Å². The minimum atomic E-state index is -1.01. The third kappa shape index (κ3) is 5.48. The molecule has 1 fully saturated rings. The maximum atomic E-state index is 13.5. The number of esters is 1. The van der Waals surface area contributed by atoms with E-state index in [-0.39, 0.29) is 21.3 Å². The summed E-state index contributed by atoms with van der Waals surface area (Å²) in [7, 11) is 1.26. The molecule has 4 rings (SSSR count). The zero-order valence-corrected chi connectivity index (χ0v) is 23.5. The number of amides is 1. The van der Waals surface area contributed by atoms with Gasteiger partial charge in [0.2, 0.25) is 0 Å². The molecule has 9 nitrogen and oxygen atoms in total. The zero-order valence-electron chi connectivity index (χ0n) is 22.7. The molecular weight excluding hydrogens is 532 g/mol. The predicted octanol–water partition coefficient (Wildman–Crippen LogP) is 5.53. The van der Waals surface area contributed by atoms with Crippen molar-refractivity contribution in [3.8, 4) is 11.5 Å². The van der Waals surface area contributed by atoms with Gasteiger partial charge in [-0.3, -0.25) is 14.5 Å². The molecule has 1 saturated heterocycles. The first-order chi connectivity index (χ1) is 19.2.